The topological polar surface area (TPSA) is 62.7 Å². The molecular formula is C17H30IN3O2S. The second kappa shape index (κ2) is 11.7. The van der Waals surface area contributed by atoms with Gasteiger partial charge in [0.05, 0.1) is 7.11 Å². The maximum atomic E-state index is 12.0. The van der Waals surface area contributed by atoms with E-state index in [9.17, 15) is 4.21 Å². The molecule has 0 fully saturated rings. The van der Waals surface area contributed by atoms with Gasteiger partial charge in [-0.2, -0.15) is 0 Å². The molecule has 7 heteroatoms. The van der Waals surface area contributed by atoms with Gasteiger partial charge in [0.2, 0.25) is 0 Å². The number of ether oxygens (including phenoxy) is 1. The van der Waals surface area contributed by atoms with Gasteiger partial charge in [-0.15, -0.1) is 24.0 Å². The normalized spacial score (nSPS) is 13.0. The smallest absolute Gasteiger partial charge is 0.191 e. The van der Waals surface area contributed by atoms with E-state index in [1.165, 1.54) is 5.56 Å². The first-order chi connectivity index (χ1) is 10.9. The van der Waals surface area contributed by atoms with Crippen molar-refractivity contribution in [1.82, 2.24) is 10.6 Å². The van der Waals surface area contributed by atoms with Gasteiger partial charge in [0.25, 0.3) is 0 Å². The van der Waals surface area contributed by atoms with Crippen molar-refractivity contribution in [3.63, 3.8) is 0 Å². The molecule has 24 heavy (non-hydrogen) atoms. The molecule has 1 aromatic carbocycles. The Balaban J connectivity index is 0.00000529. The lowest BCUT2D eigenvalue weighted by molar-refractivity contribution is 0.414. The molecular weight excluding hydrogens is 437 g/mol. The molecule has 5 nitrogen and oxygen atoms in total. The lowest BCUT2D eigenvalue weighted by Crippen LogP contribution is -2.41. The van der Waals surface area contributed by atoms with Crippen molar-refractivity contribution in [3.8, 4) is 5.75 Å². The van der Waals surface area contributed by atoms with Crippen LogP contribution in [0.2, 0.25) is 0 Å². The number of nitrogens with zero attached hydrogens (tertiary/aromatic N) is 1. The van der Waals surface area contributed by atoms with Crippen LogP contribution in [0.15, 0.2) is 29.3 Å². The summed E-state index contributed by atoms with van der Waals surface area (Å²) >= 11 is 0. The maximum Gasteiger partial charge on any atom is 0.191 e. The van der Waals surface area contributed by atoms with Crippen LogP contribution in [-0.2, 0) is 17.2 Å². The number of hydrogen-bond acceptors (Lipinski definition) is 3. The molecule has 0 bridgehead atoms. The van der Waals surface area contributed by atoms with Gasteiger partial charge in [-0.25, -0.2) is 0 Å². The summed E-state index contributed by atoms with van der Waals surface area (Å²) in [6.45, 7) is 7.40. The van der Waals surface area contributed by atoms with Gasteiger partial charge >= 0.3 is 0 Å². The molecule has 0 saturated carbocycles. The third-order valence-electron chi connectivity index (χ3n) is 3.35. The second-order valence-electron chi connectivity index (χ2n) is 6.19. The summed E-state index contributed by atoms with van der Waals surface area (Å²) in [5.41, 5.74) is 1.24. The lowest BCUT2D eigenvalue weighted by atomic mass is 10.1. The predicted octanol–water partition coefficient (Wildman–Crippen LogP) is 2.57. The molecule has 1 atom stereocenters. The molecule has 1 aromatic rings. The van der Waals surface area contributed by atoms with Crippen LogP contribution < -0.4 is 15.4 Å². The fraction of sp³-hybridized carbons (Fsp3) is 0.588. The average molecular weight is 467 g/mol. The molecule has 138 valence electrons. The molecule has 2 N–H and O–H groups in total. The highest BCUT2D eigenvalue weighted by Crippen LogP contribution is 2.11. The SMILES string of the molecule is CN=C(NCCc1ccc(OC)cc1)NCCS(=O)C(C)(C)C.I. The minimum atomic E-state index is -0.852. The van der Waals surface area contributed by atoms with Crippen LogP contribution in [0.4, 0.5) is 0 Å². The zero-order valence-electron chi connectivity index (χ0n) is 15.2. The van der Waals surface area contributed by atoms with E-state index in [2.05, 4.69) is 27.8 Å². The van der Waals surface area contributed by atoms with E-state index in [0.29, 0.717) is 12.3 Å². The maximum absolute atomic E-state index is 12.0. The number of aliphatic imine (C=N–C) groups is 1. The molecule has 0 aromatic heterocycles. The van der Waals surface area contributed by atoms with Crippen LogP contribution in [0.25, 0.3) is 0 Å². The van der Waals surface area contributed by atoms with Crippen molar-refractivity contribution in [2.24, 2.45) is 4.99 Å². The number of methoxy groups -OCH3 is 1. The van der Waals surface area contributed by atoms with Crippen molar-refractivity contribution in [1.29, 1.82) is 0 Å². The van der Waals surface area contributed by atoms with Gasteiger partial charge in [0, 0.05) is 41.4 Å². The summed E-state index contributed by atoms with van der Waals surface area (Å²) in [4.78, 5) is 4.18. The quantitative estimate of drug-likeness (QED) is 0.368. The highest BCUT2D eigenvalue weighted by molar-refractivity contribution is 14.0. The number of hydrogen-bond donors (Lipinski definition) is 2. The number of halogens is 1. The summed E-state index contributed by atoms with van der Waals surface area (Å²) in [7, 11) is 2.55. The Kier molecular flexibility index (Phi) is 11.3. The average Bonchev–Trinajstić information content (AvgIpc) is 2.53. The molecule has 1 rings (SSSR count). The van der Waals surface area contributed by atoms with Crippen molar-refractivity contribution in [3.05, 3.63) is 29.8 Å². The van der Waals surface area contributed by atoms with Crippen LogP contribution in [0.5, 0.6) is 5.75 Å². The molecule has 0 aliphatic heterocycles. The van der Waals surface area contributed by atoms with E-state index >= 15 is 0 Å². The van der Waals surface area contributed by atoms with Gasteiger partial charge in [-0.1, -0.05) is 12.1 Å². The van der Waals surface area contributed by atoms with Crippen LogP contribution >= 0.6 is 24.0 Å². The largest absolute Gasteiger partial charge is 0.497 e. The Morgan fingerprint density at radius 1 is 1.17 bits per heavy atom. The third kappa shape index (κ3) is 8.86. The summed E-state index contributed by atoms with van der Waals surface area (Å²) in [5, 5.41) is 6.47. The molecule has 1 unspecified atom stereocenters. The highest BCUT2D eigenvalue weighted by atomic mass is 127. The molecule has 0 amide bonds. The zero-order valence-corrected chi connectivity index (χ0v) is 18.4. The van der Waals surface area contributed by atoms with Crippen molar-refractivity contribution >= 4 is 40.7 Å². The van der Waals surface area contributed by atoms with Gasteiger partial charge in [0.15, 0.2) is 5.96 Å². The number of benzene rings is 1. The first kappa shape index (κ1) is 23.2. The highest BCUT2D eigenvalue weighted by Gasteiger charge is 2.18. The van der Waals surface area contributed by atoms with Crippen LogP contribution in [0, 0.1) is 0 Å². The fourth-order valence-corrected chi connectivity index (χ4v) is 2.81. The summed E-state index contributed by atoms with van der Waals surface area (Å²) in [6.07, 6.45) is 0.901. The van der Waals surface area contributed by atoms with E-state index in [-0.39, 0.29) is 28.7 Å². The van der Waals surface area contributed by atoms with E-state index in [0.717, 1.165) is 24.7 Å². The summed E-state index contributed by atoms with van der Waals surface area (Å²) in [5.74, 6) is 2.22. The van der Waals surface area contributed by atoms with Crippen LogP contribution in [0.1, 0.15) is 26.3 Å². The minimum absolute atomic E-state index is 0. The minimum Gasteiger partial charge on any atom is -0.497 e. The Hall–Kier alpha value is -0.830. The predicted molar refractivity (Wildman–Crippen MR) is 114 cm³/mol. The molecule has 0 aliphatic carbocycles. The molecule has 0 heterocycles. The summed E-state index contributed by atoms with van der Waals surface area (Å²) in [6, 6.07) is 8.04. The Morgan fingerprint density at radius 2 is 1.75 bits per heavy atom. The van der Waals surface area contributed by atoms with E-state index in [1.54, 1.807) is 14.2 Å². The Bertz CT molecular complexity index is 528. The van der Waals surface area contributed by atoms with Crippen molar-refractivity contribution in [2.45, 2.75) is 31.9 Å². The second-order valence-corrected chi connectivity index (χ2v) is 8.51. The number of guanidine groups is 1. The first-order valence-electron chi connectivity index (χ1n) is 7.82. The third-order valence-corrected chi connectivity index (χ3v) is 5.29. The van der Waals surface area contributed by atoms with Crippen LogP contribution in [0.3, 0.4) is 0 Å². The molecule has 0 spiro atoms. The molecule has 0 radical (unpaired) electrons. The van der Waals surface area contributed by atoms with Gasteiger partial charge in [0.1, 0.15) is 5.75 Å². The molecule has 0 aliphatic rings. The van der Waals surface area contributed by atoms with Crippen molar-refractivity contribution < 1.29 is 8.95 Å². The number of nitrogens with one attached hydrogen (secondary N) is 2. The summed E-state index contributed by atoms with van der Waals surface area (Å²) < 4.78 is 17.0. The van der Waals surface area contributed by atoms with Crippen molar-refractivity contribution in [2.75, 3.05) is 33.0 Å². The van der Waals surface area contributed by atoms with Crippen LogP contribution in [-0.4, -0.2) is 47.9 Å². The van der Waals surface area contributed by atoms with Gasteiger partial charge in [-0.3, -0.25) is 9.20 Å². The monoisotopic (exact) mass is 467 g/mol. The zero-order chi connectivity index (χ0) is 17.3. The fourth-order valence-electron chi connectivity index (χ4n) is 1.91. The van der Waals surface area contributed by atoms with E-state index < -0.39 is 10.8 Å². The van der Waals surface area contributed by atoms with E-state index in [1.807, 2.05) is 32.9 Å². The first-order valence-corrected chi connectivity index (χ1v) is 9.14. The van der Waals surface area contributed by atoms with Gasteiger partial charge in [-0.05, 0) is 44.9 Å². The standard InChI is InChI=1S/C17H29N3O2S.HI/c1-17(2,3)23(21)13-12-20-16(18-4)19-11-10-14-6-8-15(22-5)9-7-14;/h6-9H,10-13H2,1-5H3,(H2,18,19,20);1H. The van der Waals surface area contributed by atoms with E-state index in [4.69, 9.17) is 4.74 Å². The lowest BCUT2D eigenvalue weighted by Gasteiger charge is -2.18. The Morgan fingerprint density at radius 3 is 2.25 bits per heavy atom. The molecule has 0 saturated heterocycles. The number of rotatable bonds is 7. The van der Waals surface area contributed by atoms with Gasteiger partial charge < -0.3 is 15.4 Å². The Labute approximate surface area is 165 Å².